The van der Waals surface area contributed by atoms with Crippen molar-refractivity contribution in [2.45, 2.75) is 9.79 Å². The van der Waals surface area contributed by atoms with Crippen molar-refractivity contribution in [2.24, 2.45) is 0 Å². The van der Waals surface area contributed by atoms with Crippen molar-refractivity contribution in [1.82, 2.24) is 0 Å². The Balaban J connectivity index is 1.32. The Morgan fingerprint density at radius 3 is 2.18 bits per heavy atom. The summed E-state index contributed by atoms with van der Waals surface area (Å²) in [6.45, 7) is 0.541. The molecule has 2 N–H and O–H groups in total. The summed E-state index contributed by atoms with van der Waals surface area (Å²) in [4.78, 5) is 13.9. The smallest absolute Gasteiger partial charge is 0.262 e. The van der Waals surface area contributed by atoms with Gasteiger partial charge in [-0.1, -0.05) is 18.2 Å². The molecule has 202 valence electrons. The van der Waals surface area contributed by atoms with E-state index >= 15 is 0 Å². The minimum atomic E-state index is -3.91. The van der Waals surface area contributed by atoms with Crippen LogP contribution < -0.4 is 24.2 Å². The molecule has 10 heteroatoms. The third-order valence-corrected chi connectivity index (χ3v) is 7.91. The highest BCUT2D eigenvalue weighted by atomic mass is 32.2. The molecule has 0 heterocycles. The lowest BCUT2D eigenvalue weighted by atomic mass is 10.2. The normalized spacial score (nSPS) is 10.9. The zero-order valence-electron chi connectivity index (χ0n) is 21.4. The van der Waals surface area contributed by atoms with Crippen molar-refractivity contribution in [2.75, 3.05) is 36.6 Å². The van der Waals surface area contributed by atoms with Gasteiger partial charge in [0.1, 0.15) is 17.2 Å². The van der Waals surface area contributed by atoms with Crippen LogP contribution in [0.1, 0.15) is 10.4 Å². The van der Waals surface area contributed by atoms with Gasteiger partial charge in [-0.3, -0.25) is 9.52 Å². The lowest BCUT2D eigenvalue weighted by Crippen LogP contribution is -2.14. The number of amides is 1. The average molecular weight is 565 g/mol. The molecule has 0 saturated carbocycles. The van der Waals surface area contributed by atoms with Crippen LogP contribution in [0.4, 0.5) is 11.4 Å². The number of methoxy groups -OCH3 is 2. The van der Waals surface area contributed by atoms with Crippen LogP contribution in [-0.2, 0) is 10.0 Å². The molecule has 0 aliphatic carbocycles. The van der Waals surface area contributed by atoms with Gasteiger partial charge in [-0.25, -0.2) is 8.42 Å². The zero-order chi connectivity index (χ0) is 27.7. The molecule has 0 fully saturated rings. The fourth-order valence-corrected chi connectivity index (χ4v) is 5.37. The molecule has 0 atom stereocenters. The van der Waals surface area contributed by atoms with E-state index in [0.717, 1.165) is 5.75 Å². The van der Waals surface area contributed by atoms with Crippen molar-refractivity contribution in [3.63, 3.8) is 0 Å². The standard InChI is InChI=1S/C29H28N2O6S2/c1-35-24-14-17-28(36-2)27(20-24)31-39(33,34)26-15-10-22(11-16-26)30-29(32)21-8-12-23(13-9-21)37-18-19-38-25-6-4-3-5-7-25/h3-17,20,31H,18-19H2,1-2H3,(H,30,32). The predicted octanol–water partition coefficient (Wildman–Crippen LogP) is 5.93. The first-order valence-corrected chi connectivity index (χ1v) is 14.4. The third kappa shape index (κ3) is 7.68. The third-order valence-electron chi connectivity index (χ3n) is 5.55. The maximum atomic E-state index is 12.9. The highest BCUT2D eigenvalue weighted by molar-refractivity contribution is 7.99. The molecule has 0 aliphatic heterocycles. The van der Waals surface area contributed by atoms with Crippen LogP contribution in [0.3, 0.4) is 0 Å². The highest BCUT2D eigenvalue weighted by Crippen LogP contribution is 2.31. The number of ether oxygens (including phenoxy) is 3. The minimum Gasteiger partial charge on any atom is -0.497 e. The topological polar surface area (TPSA) is 103 Å². The molecular weight excluding hydrogens is 536 g/mol. The summed E-state index contributed by atoms with van der Waals surface area (Å²) in [5, 5.41) is 2.77. The van der Waals surface area contributed by atoms with E-state index < -0.39 is 10.0 Å². The SMILES string of the molecule is COc1ccc(OC)c(NS(=O)(=O)c2ccc(NC(=O)c3ccc(OCCSc4ccccc4)cc3)cc2)c1. The van der Waals surface area contributed by atoms with Gasteiger partial charge in [0.2, 0.25) is 0 Å². The van der Waals surface area contributed by atoms with Crippen molar-refractivity contribution >= 4 is 39.1 Å². The number of benzene rings is 4. The molecule has 0 aromatic heterocycles. The van der Waals surface area contributed by atoms with Crippen LogP contribution in [-0.4, -0.2) is 40.9 Å². The Bertz CT molecular complexity index is 1490. The number of hydrogen-bond acceptors (Lipinski definition) is 7. The number of carbonyl (C=O) groups excluding carboxylic acids is 1. The van der Waals surface area contributed by atoms with Crippen LogP contribution in [0.2, 0.25) is 0 Å². The molecular formula is C29H28N2O6S2. The second-order valence-corrected chi connectivity index (χ2v) is 11.0. The number of sulfonamides is 1. The maximum Gasteiger partial charge on any atom is 0.262 e. The van der Waals surface area contributed by atoms with Crippen molar-refractivity contribution in [1.29, 1.82) is 0 Å². The Morgan fingerprint density at radius 1 is 0.821 bits per heavy atom. The molecule has 1 amide bonds. The van der Waals surface area contributed by atoms with Crippen molar-refractivity contribution < 1.29 is 27.4 Å². The van der Waals surface area contributed by atoms with Gasteiger partial charge < -0.3 is 19.5 Å². The predicted molar refractivity (Wildman–Crippen MR) is 154 cm³/mol. The second-order valence-electron chi connectivity index (χ2n) is 8.18. The number of carbonyl (C=O) groups is 1. The number of nitrogens with one attached hydrogen (secondary N) is 2. The Kier molecular flexibility index (Phi) is 9.35. The molecule has 0 spiro atoms. The van der Waals surface area contributed by atoms with Gasteiger partial charge in [-0.05, 0) is 72.8 Å². The Morgan fingerprint density at radius 2 is 1.51 bits per heavy atom. The van der Waals surface area contributed by atoms with E-state index in [0.29, 0.717) is 35.1 Å². The lowest BCUT2D eigenvalue weighted by molar-refractivity contribution is 0.102. The summed E-state index contributed by atoms with van der Waals surface area (Å²) < 4.78 is 44.5. The summed E-state index contributed by atoms with van der Waals surface area (Å²) in [5.41, 5.74) is 1.15. The van der Waals surface area contributed by atoms with E-state index in [-0.39, 0.29) is 16.5 Å². The molecule has 8 nitrogen and oxygen atoms in total. The van der Waals surface area contributed by atoms with E-state index in [1.807, 2.05) is 18.2 Å². The number of thioether (sulfide) groups is 1. The molecule has 4 rings (SSSR count). The summed E-state index contributed by atoms with van der Waals surface area (Å²) in [6.07, 6.45) is 0. The average Bonchev–Trinajstić information content (AvgIpc) is 2.96. The van der Waals surface area contributed by atoms with Crippen LogP contribution in [0.15, 0.2) is 107 Å². The van der Waals surface area contributed by atoms with E-state index in [1.54, 1.807) is 48.2 Å². The molecule has 0 saturated heterocycles. The first-order chi connectivity index (χ1) is 18.9. The van der Waals surface area contributed by atoms with Gasteiger partial charge >= 0.3 is 0 Å². The summed E-state index contributed by atoms with van der Waals surface area (Å²) >= 11 is 1.71. The first-order valence-electron chi connectivity index (χ1n) is 11.9. The molecule has 0 aliphatic rings. The fourth-order valence-electron chi connectivity index (χ4n) is 3.56. The van der Waals surface area contributed by atoms with E-state index in [9.17, 15) is 13.2 Å². The monoisotopic (exact) mass is 564 g/mol. The fraction of sp³-hybridized carbons (Fsp3) is 0.138. The van der Waals surface area contributed by atoms with Crippen LogP contribution in [0, 0.1) is 0 Å². The largest absolute Gasteiger partial charge is 0.497 e. The Hall–Kier alpha value is -4.15. The number of anilines is 2. The van der Waals surface area contributed by atoms with Gasteiger partial charge in [0.25, 0.3) is 15.9 Å². The number of rotatable bonds is 12. The van der Waals surface area contributed by atoms with Gasteiger partial charge in [-0.15, -0.1) is 11.8 Å². The summed E-state index contributed by atoms with van der Waals surface area (Å²) in [5.74, 6) is 1.99. The minimum absolute atomic E-state index is 0.0253. The van der Waals surface area contributed by atoms with Crippen LogP contribution in [0.5, 0.6) is 17.2 Å². The molecule has 4 aromatic rings. The molecule has 0 radical (unpaired) electrons. The summed E-state index contributed by atoms with van der Waals surface area (Å²) in [6, 6.07) is 27.6. The first kappa shape index (κ1) is 27.9. The van der Waals surface area contributed by atoms with Gasteiger partial charge in [0.15, 0.2) is 0 Å². The molecule has 39 heavy (non-hydrogen) atoms. The second kappa shape index (κ2) is 13.1. The number of hydrogen-bond donors (Lipinski definition) is 2. The van der Waals surface area contributed by atoms with Gasteiger partial charge in [0, 0.05) is 28.0 Å². The maximum absolute atomic E-state index is 12.9. The van der Waals surface area contributed by atoms with Crippen LogP contribution in [0.25, 0.3) is 0 Å². The molecule has 0 unspecified atom stereocenters. The van der Waals surface area contributed by atoms with Gasteiger partial charge in [0.05, 0.1) is 31.4 Å². The zero-order valence-corrected chi connectivity index (χ0v) is 23.1. The summed E-state index contributed by atoms with van der Waals surface area (Å²) in [7, 11) is -0.975. The molecule has 0 bridgehead atoms. The van der Waals surface area contributed by atoms with Crippen molar-refractivity contribution in [3.05, 3.63) is 103 Å². The highest BCUT2D eigenvalue weighted by Gasteiger charge is 2.18. The van der Waals surface area contributed by atoms with E-state index in [1.165, 1.54) is 49.4 Å². The van der Waals surface area contributed by atoms with Crippen LogP contribution >= 0.6 is 11.8 Å². The molecule has 4 aromatic carbocycles. The van der Waals surface area contributed by atoms with E-state index in [2.05, 4.69) is 22.2 Å². The quantitative estimate of drug-likeness (QED) is 0.162. The van der Waals surface area contributed by atoms with Gasteiger partial charge in [-0.2, -0.15) is 0 Å². The van der Waals surface area contributed by atoms with E-state index in [4.69, 9.17) is 14.2 Å². The van der Waals surface area contributed by atoms with Crippen molar-refractivity contribution in [3.8, 4) is 17.2 Å². The Labute approximate surface area is 232 Å². The lowest BCUT2D eigenvalue weighted by Gasteiger charge is -2.13.